The molecule has 1 aliphatic heterocycles. The van der Waals surface area contributed by atoms with Gasteiger partial charge in [-0.15, -0.1) is 5.10 Å². The van der Waals surface area contributed by atoms with E-state index < -0.39 is 12.7 Å². The SMILES string of the molecule is Cn1cc(C(=O)Nc2c[nH]c3ccc(OCC[C@@H]4C[C@@H]5CN(CC(F)(F)F)C[C@@H]5C4)cc23)nn1. The van der Waals surface area contributed by atoms with Gasteiger partial charge >= 0.3 is 6.18 Å². The van der Waals surface area contributed by atoms with E-state index in [0.29, 0.717) is 48.9 Å². The fourth-order valence-corrected chi connectivity index (χ4v) is 5.41. The number of hydrogen-bond acceptors (Lipinski definition) is 5. The Morgan fingerprint density at radius 3 is 2.71 bits per heavy atom. The van der Waals surface area contributed by atoms with E-state index in [0.717, 1.165) is 30.2 Å². The Bertz CT molecular complexity index is 1160. The molecule has 0 spiro atoms. The average Bonchev–Trinajstić information content (AvgIpc) is 3.51. The van der Waals surface area contributed by atoms with Crippen molar-refractivity contribution in [3.05, 3.63) is 36.3 Å². The molecule has 182 valence electrons. The molecule has 2 aromatic heterocycles. The molecule has 11 heteroatoms. The van der Waals surface area contributed by atoms with Crippen LogP contribution in [-0.2, 0) is 7.05 Å². The molecule has 3 atom stereocenters. The van der Waals surface area contributed by atoms with Gasteiger partial charge in [0.25, 0.3) is 5.91 Å². The lowest BCUT2D eigenvalue weighted by atomic mass is 10.0. The molecule has 34 heavy (non-hydrogen) atoms. The number of benzene rings is 1. The Morgan fingerprint density at radius 2 is 2.03 bits per heavy atom. The van der Waals surface area contributed by atoms with E-state index in [1.54, 1.807) is 24.3 Å². The molecule has 2 N–H and O–H groups in total. The maximum atomic E-state index is 12.6. The lowest BCUT2D eigenvalue weighted by molar-refractivity contribution is -0.144. The maximum Gasteiger partial charge on any atom is 0.401 e. The van der Waals surface area contributed by atoms with Gasteiger partial charge in [0.05, 0.1) is 25.0 Å². The zero-order valence-electron chi connectivity index (χ0n) is 18.8. The third-order valence-electron chi connectivity index (χ3n) is 6.86. The second-order valence-electron chi connectivity index (χ2n) is 9.45. The predicted molar refractivity (Wildman–Crippen MR) is 120 cm³/mol. The molecule has 1 amide bonds. The Balaban J connectivity index is 1.13. The Morgan fingerprint density at radius 1 is 1.26 bits per heavy atom. The van der Waals surface area contributed by atoms with Crippen molar-refractivity contribution < 1.29 is 22.7 Å². The molecule has 0 unspecified atom stereocenters. The summed E-state index contributed by atoms with van der Waals surface area (Å²) in [5, 5.41) is 11.3. The molecule has 1 saturated heterocycles. The molecule has 2 fully saturated rings. The van der Waals surface area contributed by atoms with Crippen LogP contribution in [0.2, 0.25) is 0 Å². The van der Waals surface area contributed by atoms with Crippen LogP contribution >= 0.6 is 0 Å². The number of carbonyl (C=O) groups is 1. The Kier molecular flexibility index (Phi) is 5.97. The minimum absolute atomic E-state index is 0.229. The first kappa shape index (κ1) is 22.7. The van der Waals surface area contributed by atoms with Gasteiger partial charge in [0.15, 0.2) is 5.69 Å². The van der Waals surface area contributed by atoms with E-state index in [-0.39, 0.29) is 11.6 Å². The van der Waals surface area contributed by atoms with Gasteiger partial charge in [0.2, 0.25) is 0 Å². The van der Waals surface area contributed by atoms with Gasteiger partial charge in [-0.3, -0.25) is 14.4 Å². The number of aromatic amines is 1. The number of nitrogens with zero attached hydrogens (tertiary/aromatic N) is 4. The number of H-pyrrole nitrogens is 1. The molecule has 1 aliphatic carbocycles. The number of aryl methyl sites for hydroxylation is 1. The first-order valence-corrected chi connectivity index (χ1v) is 11.4. The zero-order valence-corrected chi connectivity index (χ0v) is 18.8. The predicted octanol–water partition coefficient (Wildman–Crippen LogP) is 3.84. The summed E-state index contributed by atoms with van der Waals surface area (Å²) in [6, 6.07) is 5.67. The van der Waals surface area contributed by atoms with Crippen molar-refractivity contribution in [3.8, 4) is 5.75 Å². The van der Waals surface area contributed by atoms with E-state index in [9.17, 15) is 18.0 Å². The topological polar surface area (TPSA) is 88.1 Å². The summed E-state index contributed by atoms with van der Waals surface area (Å²) < 4.78 is 45.4. The molecule has 0 bridgehead atoms. The highest BCUT2D eigenvalue weighted by atomic mass is 19.4. The van der Waals surface area contributed by atoms with Crippen LogP contribution in [0.1, 0.15) is 29.8 Å². The second kappa shape index (κ2) is 8.94. The second-order valence-corrected chi connectivity index (χ2v) is 9.45. The highest BCUT2D eigenvalue weighted by Crippen LogP contribution is 2.43. The van der Waals surface area contributed by atoms with Crippen LogP contribution in [0, 0.1) is 17.8 Å². The van der Waals surface area contributed by atoms with E-state index in [1.807, 2.05) is 18.2 Å². The monoisotopic (exact) mass is 476 g/mol. The molecule has 5 rings (SSSR count). The molecule has 8 nitrogen and oxygen atoms in total. The standard InChI is InChI=1S/C23H27F3N6O2/c1-31-12-21(29-30-31)22(33)28-20-9-27-19-3-2-17(8-18(19)20)34-5-4-14-6-15-10-32(11-16(15)7-14)13-23(24,25)26/h2-3,8-9,12,14-16,27H,4-7,10-11,13H2,1H3,(H,28,33)/t14-,15-,16+. The van der Waals surface area contributed by atoms with Crippen LogP contribution in [0.5, 0.6) is 5.75 Å². The van der Waals surface area contributed by atoms with Crippen molar-refractivity contribution in [2.45, 2.75) is 25.4 Å². The van der Waals surface area contributed by atoms with Gasteiger partial charge in [-0.25, -0.2) is 0 Å². The van der Waals surface area contributed by atoms with E-state index in [2.05, 4.69) is 20.6 Å². The lowest BCUT2D eigenvalue weighted by Crippen LogP contribution is -2.33. The number of nitrogens with one attached hydrogen (secondary N) is 2. The first-order valence-electron chi connectivity index (χ1n) is 11.4. The molecular weight excluding hydrogens is 449 g/mol. The normalized spacial score (nSPS) is 22.9. The quantitative estimate of drug-likeness (QED) is 0.541. The summed E-state index contributed by atoms with van der Waals surface area (Å²) in [5.74, 6) is 1.58. The van der Waals surface area contributed by atoms with Crippen LogP contribution in [0.15, 0.2) is 30.6 Å². The van der Waals surface area contributed by atoms with Gasteiger partial charge in [0, 0.05) is 37.2 Å². The minimum Gasteiger partial charge on any atom is -0.494 e. The van der Waals surface area contributed by atoms with Gasteiger partial charge in [-0.05, 0) is 55.2 Å². The van der Waals surface area contributed by atoms with Crippen LogP contribution < -0.4 is 10.1 Å². The van der Waals surface area contributed by atoms with E-state index >= 15 is 0 Å². The summed E-state index contributed by atoms with van der Waals surface area (Å²) >= 11 is 0. The molecule has 3 heterocycles. The van der Waals surface area contributed by atoms with Gasteiger partial charge in [0.1, 0.15) is 5.75 Å². The van der Waals surface area contributed by atoms with Crippen molar-refractivity contribution in [2.24, 2.45) is 24.8 Å². The van der Waals surface area contributed by atoms with Crippen molar-refractivity contribution in [1.29, 1.82) is 0 Å². The average molecular weight is 477 g/mol. The number of amides is 1. The minimum atomic E-state index is -4.12. The highest BCUT2D eigenvalue weighted by Gasteiger charge is 2.43. The van der Waals surface area contributed by atoms with E-state index in [4.69, 9.17) is 4.74 Å². The number of aromatic nitrogens is 4. The molecule has 3 aromatic rings. The number of hydrogen-bond donors (Lipinski definition) is 2. The summed E-state index contributed by atoms with van der Waals surface area (Å²) in [4.78, 5) is 17.1. The molecule has 0 radical (unpaired) electrons. The van der Waals surface area contributed by atoms with Crippen LogP contribution in [-0.4, -0.2) is 63.2 Å². The fraction of sp³-hybridized carbons (Fsp3) is 0.522. The molecule has 1 saturated carbocycles. The number of anilines is 1. The van der Waals surface area contributed by atoms with Crippen LogP contribution in [0.4, 0.5) is 18.9 Å². The maximum absolute atomic E-state index is 12.6. The third kappa shape index (κ3) is 5.03. The Hall–Kier alpha value is -3.08. The van der Waals surface area contributed by atoms with Gasteiger partial charge in [-0.1, -0.05) is 5.21 Å². The van der Waals surface area contributed by atoms with Crippen molar-refractivity contribution in [2.75, 3.05) is 31.6 Å². The van der Waals surface area contributed by atoms with E-state index in [1.165, 1.54) is 4.68 Å². The number of fused-ring (bicyclic) bond motifs is 2. The zero-order chi connectivity index (χ0) is 23.9. The lowest BCUT2D eigenvalue weighted by Gasteiger charge is -2.20. The number of halogens is 3. The highest BCUT2D eigenvalue weighted by molar-refractivity contribution is 6.08. The largest absolute Gasteiger partial charge is 0.494 e. The van der Waals surface area contributed by atoms with Gasteiger partial charge < -0.3 is 15.0 Å². The number of rotatable bonds is 7. The van der Waals surface area contributed by atoms with Crippen molar-refractivity contribution in [1.82, 2.24) is 24.9 Å². The van der Waals surface area contributed by atoms with Crippen molar-refractivity contribution >= 4 is 22.5 Å². The fourth-order valence-electron chi connectivity index (χ4n) is 5.41. The first-order chi connectivity index (χ1) is 16.2. The smallest absolute Gasteiger partial charge is 0.401 e. The number of likely N-dealkylation sites (tertiary alicyclic amines) is 1. The molecule has 2 aliphatic rings. The Labute approximate surface area is 194 Å². The van der Waals surface area contributed by atoms with Crippen molar-refractivity contribution in [3.63, 3.8) is 0 Å². The van der Waals surface area contributed by atoms with Gasteiger partial charge in [-0.2, -0.15) is 13.2 Å². The summed E-state index contributed by atoms with van der Waals surface area (Å²) in [5.41, 5.74) is 1.73. The molecule has 1 aromatic carbocycles. The molecular formula is C23H27F3N6O2. The van der Waals surface area contributed by atoms with Crippen LogP contribution in [0.3, 0.4) is 0 Å². The van der Waals surface area contributed by atoms with Crippen LogP contribution in [0.25, 0.3) is 10.9 Å². The summed E-state index contributed by atoms with van der Waals surface area (Å²) in [6.07, 6.45) is 1.97. The third-order valence-corrected chi connectivity index (χ3v) is 6.86. The number of carbonyl (C=O) groups excluding carboxylic acids is 1. The summed E-state index contributed by atoms with van der Waals surface area (Å²) in [6.45, 7) is 0.855. The number of ether oxygens (including phenoxy) is 1. The summed E-state index contributed by atoms with van der Waals surface area (Å²) in [7, 11) is 1.69. The number of alkyl halides is 3.